The Hall–Kier alpha value is -1.97. The molecule has 0 amide bonds. The molecule has 106 valence electrons. The Bertz CT molecular complexity index is 611. The molecule has 0 aliphatic heterocycles. The van der Waals surface area contributed by atoms with Crippen LogP contribution in [0.5, 0.6) is 0 Å². The summed E-state index contributed by atoms with van der Waals surface area (Å²) in [6.07, 6.45) is 8.63. The van der Waals surface area contributed by atoms with E-state index in [9.17, 15) is 4.79 Å². The van der Waals surface area contributed by atoms with Crippen molar-refractivity contribution in [2.24, 2.45) is 5.92 Å². The van der Waals surface area contributed by atoms with Crippen molar-refractivity contribution in [3.63, 3.8) is 0 Å². The molecule has 1 aliphatic rings. The Morgan fingerprint density at radius 3 is 2.60 bits per heavy atom. The van der Waals surface area contributed by atoms with Gasteiger partial charge in [-0.3, -0.25) is 4.57 Å². The van der Waals surface area contributed by atoms with Crippen LogP contribution < -0.4 is 11.0 Å². The highest BCUT2D eigenvalue weighted by Gasteiger charge is 2.20. The zero-order valence-corrected chi connectivity index (χ0v) is 11.8. The number of imidazole rings is 1. The first-order valence-corrected chi connectivity index (χ1v) is 7.37. The lowest BCUT2D eigenvalue weighted by molar-refractivity contribution is 0.349. The van der Waals surface area contributed by atoms with Crippen molar-refractivity contribution in [2.75, 3.05) is 5.32 Å². The van der Waals surface area contributed by atoms with Gasteiger partial charge in [-0.1, -0.05) is 19.8 Å². The van der Waals surface area contributed by atoms with Crippen LogP contribution in [0.15, 0.2) is 41.5 Å². The van der Waals surface area contributed by atoms with Crippen LogP contribution in [0.2, 0.25) is 0 Å². The van der Waals surface area contributed by atoms with Crippen molar-refractivity contribution < 1.29 is 0 Å². The minimum Gasteiger partial charge on any atom is -0.382 e. The third-order valence-corrected chi connectivity index (χ3v) is 4.26. The first-order valence-electron chi connectivity index (χ1n) is 7.37. The lowest BCUT2D eigenvalue weighted by atomic mass is 9.86. The van der Waals surface area contributed by atoms with E-state index in [1.165, 1.54) is 25.7 Å². The van der Waals surface area contributed by atoms with Crippen LogP contribution >= 0.6 is 0 Å². The molecule has 3 rings (SSSR count). The van der Waals surface area contributed by atoms with Gasteiger partial charge in [0.05, 0.1) is 5.69 Å². The number of aromatic amines is 1. The van der Waals surface area contributed by atoms with Crippen LogP contribution in [0.1, 0.15) is 32.6 Å². The Morgan fingerprint density at radius 1 is 1.20 bits per heavy atom. The van der Waals surface area contributed by atoms with E-state index in [1.807, 2.05) is 12.1 Å². The first kappa shape index (κ1) is 13.0. The van der Waals surface area contributed by atoms with E-state index in [-0.39, 0.29) is 5.69 Å². The van der Waals surface area contributed by atoms with Crippen LogP contribution in [-0.4, -0.2) is 15.6 Å². The van der Waals surface area contributed by atoms with E-state index in [0.717, 1.165) is 17.3 Å². The van der Waals surface area contributed by atoms with Crippen LogP contribution in [0.25, 0.3) is 5.69 Å². The summed E-state index contributed by atoms with van der Waals surface area (Å²) in [5.74, 6) is 0.732. The van der Waals surface area contributed by atoms with Crippen molar-refractivity contribution >= 4 is 5.69 Å². The van der Waals surface area contributed by atoms with Gasteiger partial charge in [-0.25, -0.2) is 4.79 Å². The first-order chi connectivity index (χ1) is 9.74. The van der Waals surface area contributed by atoms with Gasteiger partial charge in [0, 0.05) is 24.1 Å². The summed E-state index contributed by atoms with van der Waals surface area (Å²) < 4.78 is 1.60. The summed E-state index contributed by atoms with van der Waals surface area (Å²) in [5.41, 5.74) is 1.92. The Balaban J connectivity index is 1.73. The second-order valence-corrected chi connectivity index (χ2v) is 5.69. The van der Waals surface area contributed by atoms with E-state index in [1.54, 1.807) is 17.0 Å². The SMILES string of the molecule is CC1CCCCC1Nc1ccc(-n2cc[nH]c2=O)cc1. The molecule has 1 fully saturated rings. The van der Waals surface area contributed by atoms with Gasteiger partial charge in [0.2, 0.25) is 0 Å². The fourth-order valence-corrected chi connectivity index (χ4v) is 2.99. The smallest absolute Gasteiger partial charge is 0.330 e. The molecule has 1 heterocycles. The zero-order chi connectivity index (χ0) is 13.9. The van der Waals surface area contributed by atoms with E-state index in [4.69, 9.17) is 0 Å². The summed E-state index contributed by atoms with van der Waals surface area (Å²) in [7, 11) is 0. The van der Waals surface area contributed by atoms with Crippen molar-refractivity contribution in [2.45, 2.75) is 38.6 Å². The normalized spacial score (nSPS) is 22.6. The van der Waals surface area contributed by atoms with Gasteiger partial charge in [-0.15, -0.1) is 0 Å². The molecule has 4 heteroatoms. The number of benzene rings is 1. The molecule has 1 aromatic heterocycles. The quantitative estimate of drug-likeness (QED) is 0.901. The Kier molecular flexibility index (Phi) is 3.63. The fourth-order valence-electron chi connectivity index (χ4n) is 2.99. The lowest BCUT2D eigenvalue weighted by Gasteiger charge is -2.30. The highest BCUT2D eigenvalue weighted by atomic mass is 16.1. The topological polar surface area (TPSA) is 49.8 Å². The molecule has 0 bridgehead atoms. The van der Waals surface area contributed by atoms with E-state index >= 15 is 0 Å². The number of nitrogens with one attached hydrogen (secondary N) is 2. The molecular weight excluding hydrogens is 250 g/mol. The number of rotatable bonds is 3. The van der Waals surface area contributed by atoms with Gasteiger partial charge in [-0.05, 0) is 43.0 Å². The van der Waals surface area contributed by atoms with Crippen LogP contribution in [0.3, 0.4) is 0 Å². The predicted molar refractivity (Wildman–Crippen MR) is 81.4 cm³/mol. The number of hydrogen-bond acceptors (Lipinski definition) is 2. The van der Waals surface area contributed by atoms with Gasteiger partial charge in [0.1, 0.15) is 0 Å². The van der Waals surface area contributed by atoms with Gasteiger partial charge in [0.25, 0.3) is 0 Å². The molecule has 2 aromatic rings. The van der Waals surface area contributed by atoms with E-state index in [2.05, 4.69) is 29.4 Å². The molecule has 1 saturated carbocycles. The number of H-pyrrole nitrogens is 1. The van der Waals surface area contributed by atoms with E-state index < -0.39 is 0 Å². The standard InChI is InChI=1S/C16H21N3O/c1-12-4-2-3-5-15(12)18-13-6-8-14(9-7-13)19-11-10-17-16(19)20/h6-12,15,18H,2-5H2,1H3,(H,17,20). The highest BCUT2D eigenvalue weighted by molar-refractivity contribution is 5.49. The maximum Gasteiger partial charge on any atom is 0.330 e. The third kappa shape index (κ3) is 2.64. The van der Waals surface area contributed by atoms with Crippen molar-refractivity contribution in [3.8, 4) is 5.69 Å². The summed E-state index contributed by atoms with van der Waals surface area (Å²) in [6.45, 7) is 2.32. The van der Waals surface area contributed by atoms with Crippen molar-refractivity contribution in [1.82, 2.24) is 9.55 Å². The van der Waals surface area contributed by atoms with Crippen LogP contribution in [-0.2, 0) is 0 Å². The minimum atomic E-state index is -0.105. The van der Waals surface area contributed by atoms with Crippen LogP contribution in [0.4, 0.5) is 5.69 Å². The molecule has 2 atom stereocenters. The minimum absolute atomic E-state index is 0.105. The van der Waals surface area contributed by atoms with Crippen molar-refractivity contribution in [1.29, 1.82) is 0 Å². The molecule has 4 nitrogen and oxygen atoms in total. The number of aromatic nitrogens is 2. The number of nitrogens with zero attached hydrogens (tertiary/aromatic N) is 1. The van der Waals surface area contributed by atoms with Crippen LogP contribution in [0, 0.1) is 5.92 Å². The van der Waals surface area contributed by atoms with E-state index in [0.29, 0.717) is 6.04 Å². The van der Waals surface area contributed by atoms with Gasteiger partial charge in [-0.2, -0.15) is 0 Å². The molecule has 1 aromatic carbocycles. The van der Waals surface area contributed by atoms with Gasteiger partial charge >= 0.3 is 5.69 Å². The van der Waals surface area contributed by atoms with Crippen molar-refractivity contribution in [3.05, 3.63) is 47.1 Å². The summed E-state index contributed by atoms with van der Waals surface area (Å²) >= 11 is 0. The maximum absolute atomic E-state index is 11.6. The Morgan fingerprint density at radius 2 is 1.95 bits per heavy atom. The summed E-state index contributed by atoms with van der Waals surface area (Å²) in [4.78, 5) is 14.2. The molecule has 1 aliphatic carbocycles. The summed E-state index contributed by atoms with van der Waals surface area (Å²) in [6, 6.07) is 8.63. The van der Waals surface area contributed by atoms with Gasteiger partial charge in [0.15, 0.2) is 0 Å². The van der Waals surface area contributed by atoms with Gasteiger partial charge < -0.3 is 10.3 Å². The molecule has 0 spiro atoms. The maximum atomic E-state index is 11.6. The highest BCUT2D eigenvalue weighted by Crippen LogP contribution is 2.27. The molecular formula is C16H21N3O. The Labute approximate surface area is 118 Å². The largest absolute Gasteiger partial charge is 0.382 e. The average molecular weight is 271 g/mol. The second kappa shape index (κ2) is 5.57. The molecule has 2 N–H and O–H groups in total. The predicted octanol–water partition coefficient (Wildman–Crippen LogP) is 3.16. The average Bonchev–Trinajstić information content (AvgIpc) is 2.89. The monoisotopic (exact) mass is 271 g/mol. The summed E-state index contributed by atoms with van der Waals surface area (Å²) in [5, 5.41) is 3.62. The molecule has 0 radical (unpaired) electrons. The number of anilines is 1. The molecule has 20 heavy (non-hydrogen) atoms. The molecule has 0 saturated heterocycles. The number of hydrogen-bond donors (Lipinski definition) is 2. The zero-order valence-electron chi connectivity index (χ0n) is 11.8. The fraction of sp³-hybridized carbons (Fsp3) is 0.438. The lowest BCUT2D eigenvalue weighted by Crippen LogP contribution is -2.30. The third-order valence-electron chi connectivity index (χ3n) is 4.26. The second-order valence-electron chi connectivity index (χ2n) is 5.69. The molecule has 2 unspecified atom stereocenters.